The van der Waals surface area contributed by atoms with Gasteiger partial charge in [0, 0.05) is 18.5 Å². The number of nitrogens with zero attached hydrogens (tertiary/aromatic N) is 1. The predicted octanol–water partition coefficient (Wildman–Crippen LogP) is 2.21. The van der Waals surface area contributed by atoms with Crippen molar-refractivity contribution in [1.82, 2.24) is 0 Å². The van der Waals surface area contributed by atoms with Crippen LogP contribution in [-0.4, -0.2) is 28.9 Å². The number of hydrogen-bond donors (Lipinski definition) is 1. The zero-order valence-electron chi connectivity index (χ0n) is 12.3. The molecule has 4 nitrogen and oxygen atoms in total. The first kappa shape index (κ1) is 14.5. The minimum Gasteiger partial charge on any atom is -0.373 e. The number of ketones is 1. The number of fused-ring (bicyclic) bond motifs is 1. The summed E-state index contributed by atoms with van der Waals surface area (Å²) in [5, 5.41) is 10.9. The fraction of sp³-hybridized carbons (Fsp3) is 0.222. The minimum atomic E-state index is -2.04. The number of amides is 1. The molecule has 2 aromatic carbocycles. The van der Waals surface area contributed by atoms with Crippen LogP contribution in [0.4, 0.5) is 5.69 Å². The second kappa shape index (κ2) is 5.39. The summed E-state index contributed by atoms with van der Waals surface area (Å²) in [5.41, 5.74) is -0.326. The van der Waals surface area contributed by atoms with E-state index in [1.165, 1.54) is 4.90 Å². The van der Waals surface area contributed by atoms with Gasteiger partial charge in [-0.15, -0.1) is 0 Å². The minimum absolute atomic E-state index is 0.0175. The summed E-state index contributed by atoms with van der Waals surface area (Å²) in [7, 11) is 0. The molecule has 1 unspecified atom stereocenters. The van der Waals surface area contributed by atoms with Crippen LogP contribution in [0.15, 0.2) is 54.6 Å². The molecule has 0 saturated heterocycles. The number of rotatable bonds is 3. The number of anilines is 1. The lowest BCUT2D eigenvalue weighted by Crippen LogP contribution is -2.59. The van der Waals surface area contributed by atoms with Crippen LogP contribution in [-0.2, 0) is 11.2 Å². The van der Waals surface area contributed by atoms with E-state index >= 15 is 0 Å². The first-order valence-electron chi connectivity index (χ1n) is 7.30. The molecule has 1 aliphatic heterocycles. The van der Waals surface area contributed by atoms with E-state index < -0.39 is 17.3 Å². The van der Waals surface area contributed by atoms with Gasteiger partial charge in [0.25, 0.3) is 5.91 Å². The highest BCUT2D eigenvalue weighted by Crippen LogP contribution is 2.34. The summed E-state index contributed by atoms with van der Waals surface area (Å²) in [6.45, 7) is 2.23. The zero-order valence-corrected chi connectivity index (χ0v) is 12.3. The maximum Gasteiger partial charge on any atom is 0.267 e. The number of benzene rings is 2. The molecule has 2 aromatic rings. The third-order valence-electron chi connectivity index (χ3n) is 4.03. The van der Waals surface area contributed by atoms with Crippen LogP contribution in [0, 0.1) is 0 Å². The van der Waals surface area contributed by atoms with E-state index in [0.29, 0.717) is 17.8 Å². The van der Waals surface area contributed by atoms with Crippen molar-refractivity contribution >= 4 is 17.4 Å². The molecule has 0 bridgehead atoms. The van der Waals surface area contributed by atoms with E-state index in [0.717, 1.165) is 5.56 Å². The SMILES string of the molecule is CCN1C(=O)C(O)(Cc2ccccc2)C(=O)c2ccccc21. The molecule has 22 heavy (non-hydrogen) atoms. The molecule has 1 atom stereocenters. The molecule has 1 heterocycles. The van der Waals surface area contributed by atoms with E-state index in [9.17, 15) is 14.7 Å². The van der Waals surface area contributed by atoms with E-state index in [1.807, 2.05) is 25.1 Å². The Morgan fingerprint density at radius 2 is 1.64 bits per heavy atom. The lowest BCUT2D eigenvalue weighted by Gasteiger charge is -2.37. The molecule has 0 spiro atoms. The summed E-state index contributed by atoms with van der Waals surface area (Å²) in [6.07, 6.45) is -0.0175. The molecule has 1 aliphatic rings. The molecule has 4 heteroatoms. The van der Waals surface area contributed by atoms with Crippen molar-refractivity contribution in [2.24, 2.45) is 0 Å². The van der Waals surface area contributed by atoms with Gasteiger partial charge in [-0.1, -0.05) is 42.5 Å². The summed E-state index contributed by atoms with van der Waals surface area (Å²) in [6, 6.07) is 16.0. The second-order valence-electron chi connectivity index (χ2n) is 5.42. The van der Waals surface area contributed by atoms with Crippen LogP contribution in [0.5, 0.6) is 0 Å². The molecule has 1 N–H and O–H groups in total. The number of para-hydroxylation sites is 1. The monoisotopic (exact) mass is 295 g/mol. The normalized spacial score (nSPS) is 20.9. The summed E-state index contributed by atoms with van der Waals surface area (Å²) < 4.78 is 0. The number of Topliss-reactive ketones (excluding diaryl/α,β-unsaturated/α-hetero) is 1. The van der Waals surface area contributed by atoms with Gasteiger partial charge in [-0.25, -0.2) is 0 Å². The van der Waals surface area contributed by atoms with Crippen LogP contribution in [0.2, 0.25) is 0 Å². The molecule has 0 aromatic heterocycles. The van der Waals surface area contributed by atoms with Gasteiger partial charge in [-0.3, -0.25) is 9.59 Å². The van der Waals surface area contributed by atoms with Crippen LogP contribution in [0.25, 0.3) is 0 Å². The average Bonchev–Trinajstić information content (AvgIpc) is 2.55. The van der Waals surface area contributed by atoms with Gasteiger partial charge in [0.1, 0.15) is 0 Å². The summed E-state index contributed by atoms with van der Waals surface area (Å²) >= 11 is 0. The van der Waals surface area contributed by atoms with Gasteiger partial charge in [0.2, 0.25) is 11.4 Å². The molecular weight excluding hydrogens is 278 g/mol. The quantitative estimate of drug-likeness (QED) is 0.883. The average molecular weight is 295 g/mol. The van der Waals surface area contributed by atoms with Crippen molar-refractivity contribution in [2.45, 2.75) is 18.9 Å². The van der Waals surface area contributed by atoms with Crippen LogP contribution < -0.4 is 4.90 Å². The van der Waals surface area contributed by atoms with E-state index in [-0.39, 0.29) is 6.42 Å². The van der Waals surface area contributed by atoms with Crippen molar-refractivity contribution < 1.29 is 14.7 Å². The molecule has 1 amide bonds. The Morgan fingerprint density at radius 1 is 1.00 bits per heavy atom. The Bertz CT molecular complexity index is 726. The number of likely N-dealkylation sites (N-methyl/N-ethyl adjacent to an activating group) is 1. The Balaban J connectivity index is 2.09. The number of carbonyl (C=O) groups is 2. The number of aliphatic hydroxyl groups is 1. The van der Waals surface area contributed by atoms with E-state index in [2.05, 4.69) is 0 Å². The summed E-state index contributed by atoms with van der Waals surface area (Å²) in [5.74, 6) is -1.08. The van der Waals surface area contributed by atoms with E-state index in [1.54, 1.807) is 36.4 Å². The fourth-order valence-corrected chi connectivity index (χ4v) is 2.91. The number of hydrogen-bond acceptors (Lipinski definition) is 3. The molecule has 0 radical (unpaired) electrons. The zero-order chi connectivity index (χ0) is 15.7. The molecule has 112 valence electrons. The summed E-state index contributed by atoms with van der Waals surface area (Å²) in [4.78, 5) is 26.9. The largest absolute Gasteiger partial charge is 0.373 e. The molecule has 3 rings (SSSR count). The highest BCUT2D eigenvalue weighted by molar-refractivity contribution is 6.27. The molecule has 0 fully saturated rings. The maximum absolute atomic E-state index is 12.7. The lowest BCUT2D eigenvalue weighted by molar-refractivity contribution is -0.132. The fourth-order valence-electron chi connectivity index (χ4n) is 2.91. The van der Waals surface area contributed by atoms with Crippen LogP contribution in [0.3, 0.4) is 0 Å². The van der Waals surface area contributed by atoms with Crippen LogP contribution >= 0.6 is 0 Å². The Kier molecular flexibility index (Phi) is 3.54. The highest BCUT2D eigenvalue weighted by atomic mass is 16.3. The highest BCUT2D eigenvalue weighted by Gasteiger charge is 2.51. The Hall–Kier alpha value is -2.46. The van der Waals surface area contributed by atoms with Gasteiger partial charge in [0.15, 0.2) is 0 Å². The van der Waals surface area contributed by atoms with Crippen molar-refractivity contribution in [1.29, 1.82) is 0 Å². The van der Waals surface area contributed by atoms with Crippen LogP contribution in [0.1, 0.15) is 22.8 Å². The topological polar surface area (TPSA) is 57.6 Å². The lowest BCUT2D eigenvalue weighted by atomic mass is 9.81. The maximum atomic E-state index is 12.7. The van der Waals surface area contributed by atoms with Crippen molar-refractivity contribution in [2.75, 3.05) is 11.4 Å². The third-order valence-corrected chi connectivity index (χ3v) is 4.03. The van der Waals surface area contributed by atoms with Gasteiger partial charge in [-0.2, -0.15) is 0 Å². The molecule has 0 aliphatic carbocycles. The molecule has 0 saturated carbocycles. The van der Waals surface area contributed by atoms with Gasteiger partial charge in [-0.05, 0) is 24.6 Å². The van der Waals surface area contributed by atoms with Crippen molar-refractivity contribution in [3.05, 3.63) is 65.7 Å². The van der Waals surface area contributed by atoms with Gasteiger partial charge < -0.3 is 10.0 Å². The first-order valence-corrected chi connectivity index (χ1v) is 7.30. The predicted molar refractivity (Wildman–Crippen MR) is 83.9 cm³/mol. The van der Waals surface area contributed by atoms with Gasteiger partial charge >= 0.3 is 0 Å². The number of carbonyl (C=O) groups excluding carboxylic acids is 2. The first-order chi connectivity index (χ1) is 10.6. The third kappa shape index (κ3) is 2.12. The van der Waals surface area contributed by atoms with E-state index in [4.69, 9.17) is 0 Å². The Labute approximate surface area is 129 Å². The standard InChI is InChI=1S/C18H17NO3/c1-2-19-15-11-7-6-10-14(15)16(20)18(22,17(19)21)12-13-8-4-3-5-9-13/h3-11,22H,2,12H2,1H3. The van der Waals surface area contributed by atoms with Gasteiger partial charge in [0.05, 0.1) is 5.69 Å². The van der Waals surface area contributed by atoms with Crippen molar-refractivity contribution in [3.63, 3.8) is 0 Å². The second-order valence-corrected chi connectivity index (χ2v) is 5.42. The smallest absolute Gasteiger partial charge is 0.267 e. The molecular formula is C18H17NO3. The van der Waals surface area contributed by atoms with Crippen molar-refractivity contribution in [3.8, 4) is 0 Å². The Morgan fingerprint density at radius 3 is 2.32 bits per heavy atom.